The summed E-state index contributed by atoms with van der Waals surface area (Å²) in [5.74, 6) is 0.436. The van der Waals surface area contributed by atoms with E-state index in [0.717, 1.165) is 16.7 Å². The van der Waals surface area contributed by atoms with E-state index < -0.39 is 14.6 Å². The van der Waals surface area contributed by atoms with Crippen LogP contribution in [0.25, 0.3) is 0 Å². The maximum absolute atomic E-state index is 10.4. The fourth-order valence-corrected chi connectivity index (χ4v) is 1.64. The standard InChI is InChI=1S/C10H15O6P/c1-7-3-9(4-8(2)10(7)5-11)15-6-16-17(12,13)14/h3-4,11H,5-6H2,1-2H3,(H2,12,13,14). The number of ether oxygens (including phenoxy) is 1. The van der Waals surface area contributed by atoms with E-state index >= 15 is 0 Å². The number of aliphatic hydroxyl groups excluding tert-OH is 1. The van der Waals surface area contributed by atoms with Gasteiger partial charge in [-0.05, 0) is 42.7 Å². The molecule has 0 bridgehead atoms. The normalized spacial score (nSPS) is 11.6. The molecule has 0 aliphatic rings. The third-order valence-electron chi connectivity index (χ3n) is 2.27. The fraction of sp³-hybridized carbons (Fsp3) is 0.400. The van der Waals surface area contributed by atoms with E-state index in [-0.39, 0.29) is 6.61 Å². The lowest BCUT2D eigenvalue weighted by molar-refractivity contribution is 0.0828. The third-order valence-corrected chi connectivity index (χ3v) is 2.72. The van der Waals surface area contributed by atoms with Crippen LogP contribution in [0.2, 0.25) is 0 Å². The minimum absolute atomic E-state index is 0.0586. The monoisotopic (exact) mass is 262 g/mol. The molecule has 1 rings (SSSR count). The summed E-state index contributed by atoms with van der Waals surface area (Å²) in [5, 5.41) is 9.10. The summed E-state index contributed by atoms with van der Waals surface area (Å²) in [4.78, 5) is 16.9. The molecule has 17 heavy (non-hydrogen) atoms. The Hall–Kier alpha value is -0.910. The van der Waals surface area contributed by atoms with Gasteiger partial charge in [-0.3, -0.25) is 0 Å². The first-order valence-electron chi connectivity index (χ1n) is 4.87. The predicted molar refractivity (Wildman–Crippen MR) is 60.5 cm³/mol. The van der Waals surface area contributed by atoms with Gasteiger partial charge in [0.25, 0.3) is 0 Å². The smallest absolute Gasteiger partial charge is 0.467 e. The fourth-order valence-electron chi connectivity index (χ4n) is 1.45. The SMILES string of the molecule is Cc1cc(OCOP(=O)(O)O)cc(C)c1CO. The van der Waals surface area contributed by atoms with Crippen molar-refractivity contribution < 1.29 is 28.7 Å². The lowest BCUT2D eigenvalue weighted by atomic mass is 10.0. The Labute approximate surface area is 99.1 Å². The van der Waals surface area contributed by atoms with Crippen LogP contribution in [0.1, 0.15) is 16.7 Å². The highest BCUT2D eigenvalue weighted by molar-refractivity contribution is 7.46. The van der Waals surface area contributed by atoms with Crippen LogP contribution in [0.15, 0.2) is 12.1 Å². The number of hydrogen-bond donors (Lipinski definition) is 3. The quantitative estimate of drug-likeness (QED) is 0.545. The van der Waals surface area contributed by atoms with Gasteiger partial charge in [0.15, 0.2) is 6.79 Å². The van der Waals surface area contributed by atoms with Crippen molar-refractivity contribution in [2.75, 3.05) is 6.79 Å². The maximum Gasteiger partial charge on any atom is 0.472 e. The molecule has 0 spiro atoms. The Kier molecular flexibility index (Phi) is 4.68. The van der Waals surface area contributed by atoms with Crippen molar-refractivity contribution in [3.8, 4) is 5.75 Å². The average Bonchev–Trinajstić information content (AvgIpc) is 2.15. The van der Waals surface area contributed by atoms with Crippen LogP contribution in [-0.4, -0.2) is 21.7 Å². The van der Waals surface area contributed by atoms with Crippen LogP contribution in [0.3, 0.4) is 0 Å². The van der Waals surface area contributed by atoms with Crippen molar-refractivity contribution >= 4 is 7.82 Å². The van der Waals surface area contributed by atoms with E-state index in [1.54, 1.807) is 12.1 Å². The zero-order chi connectivity index (χ0) is 13.1. The molecule has 0 amide bonds. The number of rotatable bonds is 5. The molecule has 1 aromatic carbocycles. The molecular formula is C10H15O6P. The molecule has 1 aromatic rings. The van der Waals surface area contributed by atoms with Gasteiger partial charge in [-0.2, -0.15) is 0 Å². The van der Waals surface area contributed by atoms with Gasteiger partial charge in [0.2, 0.25) is 0 Å². The minimum atomic E-state index is -4.51. The maximum atomic E-state index is 10.4. The number of aryl methyl sites for hydroxylation is 2. The van der Waals surface area contributed by atoms with Gasteiger partial charge in [0, 0.05) is 0 Å². The van der Waals surface area contributed by atoms with E-state index in [4.69, 9.17) is 19.6 Å². The van der Waals surface area contributed by atoms with Crippen LogP contribution in [0.4, 0.5) is 0 Å². The predicted octanol–water partition coefficient (Wildman–Crippen LogP) is 1.24. The second-order valence-corrected chi connectivity index (χ2v) is 4.81. The van der Waals surface area contributed by atoms with Gasteiger partial charge in [0.1, 0.15) is 5.75 Å². The van der Waals surface area contributed by atoms with Gasteiger partial charge >= 0.3 is 7.82 Å². The average molecular weight is 262 g/mol. The second kappa shape index (κ2) is 5.62. The summed E-state index contributed by atoms with van der Waals surface area (Å²) in [6, 6.07) is 3.34. The van der Waals surface area contributed by atoms with E-state index in [1.165, 1.54) is 0 Å². The molecule has 0 aromatic heterocycles. The van der Waals surface area contributed by atoms with Gasteiger partial charge in [-0.25, -0.2) is 9.09 Å². The number of phosphoric acid groups is 1. The van der Waals surface area contributed by atoms with Gasteiger partial charge in [-0.15, -0.1) is 0 Å². The second-order valence-electron chi connectivity index (χ2n) is 3.58. The molecule has 0 radical (unpaired) electrons. The molecule has 7 heteroatoms. The number of phosphoric ester groups is 1. The zero-order valence-electron chi connectivity index (χ0n) is 9.58. The number of aliphatic hydroxyl groups is 1. The Morgan fingerprint density at radius 3 is 2.18 bits per heavy atom. The minimum Gasteiger partial charge on any atom is -0.467 e. The Balaban J connectivity index is 2.70. The molecule has 0 aliphatic heterocycles. The molecule has 0 atom stereocenters. The molecule has 3 N–H and O–H groups in total. The summed E-state index contributed by atoms with van der Waals surface area (Å²) in [5.41, 5.74) is 2.51. The molecule has 0 aliphatic carbocycles. The summed E-state index contributed by atoms with van der Waals surface area (Å²) in [6.07, 6.45) is 0. The summed E-state index contributed by atoms with van der Waals surface area (Å²) in [7, 11) is -4.51. The molecular weight excluding hydrogens is 247 g/mol. The summed E-state index contributed by atoms with van der Waals surface area (Å²) >= 11 is 0. The van der Waals surface area contributed by atoms with Crippen molar-refractivity contribution in [2.24, 2.45) is 0 Å². The van der Waals surface area contributed by atoms with E-state index in [1.807, 2.05) is 13.8 Å². The highest BCUT2D eigenvalue weighted by Gasteiger charge is 2.14. The molecule has 0 saturated carbocycles. The van der Waals surface area contributed by atoms with Gasteiger partial charge < -0.3 is 19.6 Å². The van der Waals surface area contributed by atoms with Crippen molar-refractivity contribution in [1.82, 2.24) is 0 Å². The molecule has 96 valence electrons. The summed E-state index contributed by atoms with van der Waals surface area (Å²) in [6.45, 7) is 3.04. The topological polar surface area (TPSA) is 96.2 Å². The van der Waals surface area contributed by atoms with Crippen LogP contribution < -0.4 is 4.74 Å². The van der Waals surface area contributed by atoms with Crippen LogP contribution in [-0.2, 0) is 15.7 Å². The largest absolute Gasteiger partial charge is 0.472 e. The highest BCUT2D eigenvalue weighted by atomic mass is 31.2. The van der Waals surface area contributed by atoms with Gasteiger partial charge in [-0.1, -0.05) is 0 Å². The molecule has 0 saturated heterocycles. The highest BCUT2D eigenvalue weighted by Crippen LogP contribution is 2.35. The van der Waals surface area contributed by atoms with E-state index in [2.05, 4.69) is 4.52 Å². The van der Waals surface area contributed by atoms with Crippen molar-refractivity contribution in [1.29, 1.82) is 0 Å². The Morgan fingerprint density at radius 2 is 1.76 bits per heavy atom. The first kappa shape index (κ1) is 14.2. The lowest BCUT2D eigenvalue weighted by Crippen LogP contribution is -2.02. The summed E-state index contributed by atoms with van der Waals surface area (Å²) < 4.78 is 19.6. The third kappa shape index (κ3) is 4.46. The van der Waals surface area contributed by atoms with E-state index in [9.17, 15) is 4.57 Å². The Morgan fingerprint density at radius 1 is 1.24 bits per heavy atom. The van der Waals surface area contributed by atoms with Crippen molar-refractivity contribution in [3.63, 3.8) is 0 Å². The van der Waals surface area contributed by atoms with Crippen LogP contribution >= 0.6 is 7.82 Å². The molecule has 0 unspecified atom stereocenters. The van der Waals surface area contributed by atoms with Gasteiger partial charge in [0.05, 0.1) is 6.61 Å². The van der Waals surface area contributed by atoms with Crippen molar-refractivity contribution in [3.05, 3.63) is 28.8 Å². The number of benzene rings is 1. The lowest BCUT2D eigenvalue weighted by Gasteiger charge is -2.12. The Bertz CT molecular complexity index is 415. The van der Waals surface area contributed by atoms with Crippen molar-refractivity contribution in [2.45, 2.75) is 20.5 Å². The van der Waals surface area contributed by atoms with Crippen LogP contribution in [0.5, 0.6) is 5.75 Å². The first-order chi connectivity index (χ1) is 7.83. The first-order valence-corrected chi connectivity index (χ1v) is 6.40. The molecule has 6 nitrogen and oxygen atoms in total. The molecule has 0 heterocycles. The van der Waals surface area contributed by atoms with E-state index in [0.29, 0.717) is 5.75 Å². The zero-order valence-corrected chi connectivity index (χ0v) is 10.5. The number of hydrogen-bond acceptors (Lipinski definition) is 4. The molecule has 0 fully saturated rings. The van der Waals surface area contributed by atoms with Crippen LogP contribution in [0, 0.1) is 13.8 Å².